The quantitative estimate of drug-likeness (QED) is 0.791. The lowest BCUT2D eigenvalue weighted by Crippen LogP contribution is -2.33. The van der Waals surface area contributed by atoms with Gasteiger partial charge < -0.3 is 19.3 Å². The van der Waals surface area contributed by atoms with Crippen molar-refractivity contribution in [2.24, 2.45) is 0 Å². The van der Waals surface area contributed by atoms with Crippen molar-refractivity contribution in [3.63, 3.8) is 0 Å². The molecule has 0 saturated heterocycles. The van der Waals surface area contributed by atoms with Crippen LogP contribution in [0.15, 0.2) is 28.7 Å². The summed E-state index contributed by atoms with van der Waals surface area (Å²) in [4.78, 5) is 2.32. The van der Waals surface area contributed by atoms with Crippen LogP contribution in [-0.2, 0) is 12.8 Å². The Morgan fingerprint density at radius 1 is 1.04 bits per heavy atom. The maximum absolute atomic E-state index is 10.3. The van der Waals surface area contributed by atoms with E-state index in [1.165, 1.54) is 5.56 Å². The molecule has 2 aromatic rings. The van der Waals surface area contributed by atoms with Crippen LogP contribution in [0.3, 0.4) is 0 Å². The number of fused-ring (bicyclic) bond motifs is 1. The van der Waals surface area contributed by atoms with E-state index in [0.29, 0.717) is 17.2 Å². The summed E-state index contributed by atoms with van der Waals surface area (Å²) < 4.78 is 17.1. The number of phenols is 1. The van der Waals surface area contributed by atoms with E-state index in [4.69, 9.17) is 14.2 Å². The normalized spacial score (nSPS) is 16.9. The second-order valence-electron chi connectivity index (χ2n) is 6.47. The van der Waals surface area contributed by atoms with E-state index in [9.17, 15) is 5.11 Å². The molecule has 1 aliphatic heterocycles. The van der Waals surface area contributed by atoms with Crippen LogP contribution in [0.1, 0.15) is 22.7 Å². The third kappa shape index (κ3) is 3.48. The van der Waals surface area contributed by atoms with Gasteiger partial charge in [0, 0.05) is 17.1 Å². The van der Waals surface area contributed by atoms with Crippen molar-refractivity contribution in [3.8, 4) is 23.0 Å². The number of methoxy groups -OCH3 is 3. The topological polar surface area (TPSA) is 51.2 Å². The van der Waals surface area contributed by atoms with E-state index >= 15 is 0 Å². The molecule has 0 fully saturated rings. The third-order valence-electron chi connectivity index (χ3n) is 5.03. The van der Waals surface area contributed by atoms with Gasteiger partial charge in [-0.15, -0.1) is 0 Å². The Balaban J connectivity index is 1.99. The number of ether oxygens (including phenoxy) is 3. The van der Waals surface area contributed by atoms with Gasteiger partial charge in [0.15, 0.2) is 23.0 Å². The first-order valence-corrected chi connectivity index (χ1v) is 9.28. The summed E-state index contributed by atoms with van der Waals surface area (Å²) in [6.45, 7) is 0.955. The second-order valence-corrected chi connectivity index (χ2v) is 7.33. The van der Waals surface area contributed by atoms with Crippen LogP contribution in [0.25, 0.3) is 0 Å². The number of hydrogen-bond acceptors (Lipinski definition) is 5. The molecule has 0 aromatic heterocycles. The highest BCUT2D eigenvalue weighted by molar-refractivity contribution is 9.10. The van der Waals surface area contributed by atoms with E-state index in [0.717, 1.165) is 35.0 Å². The SMILES string of the molecule is COc1cc2c(cc1O)C(Cc1cc(OC)c(OC)cc1Br)N(C)CC2. The van der Waals surface area contributed by atoms with Crippen molar-refractivity contribution < 1.29 is 19.3 Å². The van der Waals surface area contributed by atoms with E-state index in [-0.39, 0.29) is 11.8 Å². The highest BCUT2D eigenvalue weighted by Gasteiger charge is 2.27. The second kappa shape index (κ2) is 7.76. The summed E-state index contributed by atoms with van der Waals surface area (Å²) in [5, 5.41) is 10.3. The van der Waals surface area contributed by atoms with Gasteiger partial charge in [0.05, 0.1) is 21.3 Å². The summed E-state index contributed by atoms with van der Waals surface area (Å²) in [5.41, 5.74) is 3.49. The zero-order chi connectivity index (χ0) is 18.8. The molecule has 0 radical (unpaired) electrons. The van der Waals surface area contributed by atoms with Gasteiger partial charge in [-0.3, -0.25) is 4.90 Å². The van der Waals surface area contributed by atoms with Crippen LogP contribution in [0.5, 0.6) is 23.0 Å². The van der Waals surface area contributed by atoms with Crippen LogP contribution in [-0.4, -0.2) is 44.9 Å². The van der Waals surface area contributed by atoms with Gasteiger partial charge in [-0.1, -0.05) is 15.9 Å². The van der Waals surface area contributed by atoms with Crippen LogP contribution in [0.4, 0.5) is 0 Å². The molecule has 5 nitrogen and oxygen atoms in total. The minimum absolute atomic E-state index is 0.157. The summed E-state index contributed by atoms with van der Waals surface area (Å²) in [6, 6.07) is 7.89. The minimum atomic E-state index is 0.157. The molecule has 1 aliphatic rings. The molecule has 0 bridgehead atoms. The van der Waals surface area contributed by atoms with Gasteiger partial charge in [-0.25, -0.2) is 0 Å². The van der Waals surface area contributed by atoms with Crippen molar-refractivity contribution in [2.45, 2.75) is 18.9 Å². The Labute approximate surface area is 162 Å². The van der Waals surface area contributed by atoms with E-state index in [1.807, 2.05) is 24.3 Å². The van der Waals surface area contributed by atoms with Crippen LogP contribution >= 0.6 is 15.9 Å². The number of hydrogen-bond donors (Lipinski definition) is 1. The number of benzene rings is 2. The van der Waals surface area contributed by atoms with Crippen LogP contribution in [0.2, 0.25) is 0 Å². The lowest BCUT2D eigenvalue weighted by atomic mass is 9.88. The molecule has 0 amide bonds. The van der Waals surface area contributed by atoms with Gasteiger partial charge in [0.25, 0.3) is 0 Å². The largest absolute Gasteiger partial charge is 0.504 e. The van der Waals surface area contributed by atoms with Crippen molar-refractivity contribution in [1.82, 2.24) is 4.90 Å². The molecule has 6 heteroatoms. The Morgan fingerprint density at radius 2 is 1.69 bits per heavy atom. The highest BCUT2D eigenvalue weighted by atomic mass is 79.9. The van der Waals surface area contributed by atoms with Gasteiger partial charge in [-0.05, 0) is 60.8 Å². The predicted octanol–water partition coefficient (Wildman–Crippen LogP) is 3.95. The molecule has 1 unspecified atom stereocenters. The first-order valence-electron chi connectivity index (χ1n) is 8.48. The molecule has 2 aromatic carbocycles. The number of halogens is 1. The summed E-state index contributed by atoms with van der Waals surface area (Å²) >= 11 is 3.65. The Hall–Kier alpha value is -1.92. The molecule has 0 spiro atoms. The first-order chi connectivity index (χ1) is 12.5. The Morgan fingerprint density at radius 3 is 2.35 bits per heavy atom. The maximum atomic E-state index is 10.3. The summed E-state index contributed by atoms with van der Waals surface area (Å²) in [6.07, 6.45) is 1.72. The molecule has 0 aliphatic carbocycles. The van der Waals surface area contributed by atoms with Crippen LogP contribution in [0, 0.1) is 0 Å². The molecule has 0 saturated carbocycles. The molecular formula is C20H24BrNO4. The average molecular weight is 422 g/mol. The van der Waals surface area contributed by atoms with Crippen molar-refractivity contribution in [3.05, 3.63) is 45.4 Å². The fourth-order valence-electron chi connectivity index (χ4n) is 3.53. The van der Waals surface area contributed by atoms with Gasteiger partial charge >= 0.3 is 0 Å². The first kappa shape index (κ1) is 18.9. The highest BCUT2D eigenvalue weighted by Crippen LogP contribution is 2.41. The lowest BCUT2D eigenvalue weighted by Gasteiger charge is -2.35. The van der Waals surface area contributed by atoms with Crippen molar-refractivity contribution >= 4 is 15.9 Å². The summed E-state index contributed by atoms with van der Waals surface area (Å²) in [5.74, 6) is 2.11. The van der Waals surface area contributed by atoms with Crippen molar-refractivity contribution in [2.75, 3.05) is 34.9 Å². The molecule has 1 atom stereocenters. The number of phenolic OH excluding ortho intramolecular Hbond substituents is 1. The standard InChI is InChI=1S/C20H24BrNO4/c1-22-6-5-12-8-18(24-2)17(23)10-14(12)16(22)7-13-9-19(25-3)20(26-4)11-15(13)21/h8-11,16,23H,5-7H2,1-4H3. The molecule has 1 heterocycles. The molecule has 140 valence electrons. The Bertz CT molecular complexity index is 809. The fraction of sp³-hybridized carbons (Fsp3) is 0.400. The minimum Gasteiger partial charge on any atom is -0.504 e. The molecule has 26 heavy (non-hydrogen) atoms. The zero-order valence-electron chi connectivity index (χ0n) is 15.5. The van der Waals surface area contributed by atoms with Gasteiger partial charge in [-0.2, -0.15) is 0 Å². The van der Waals surface area contributed by atoms with Gasteiger partial charge in [0.1, 0.15) is 0 Å². The smallest absolute Gasteiger partial charge is 0.161 e. The molecule has 3 rings (SSSR count). The maximum Gasteiger partial charge on any atom is 0.161 e. The average Bonchev–Trinajstić information content (AvgIpc) is 2.64. The monoisotopic (exact) mass is 421 g/mol. The Kier molecular flexibility index (Phi) is 5.63. The predicted molar refractivity (Wildman–Crippen MR) is 105 cm³/mol. The van der Waals surface area contributed by atoms with E-state index in [2.05, 4.69) is 27.9 Å². The van der Waals surface area contributed by atoms with E-state index in [1.54, 1.807) is 21.3 Å². The van der Waals surface area contributed by atoms with Gasteiger partial charge in [0.2, 0.25) is 0 Å². The fourth-order valence-corrected chi connectivity index (χ4v) is 4.02. The third-order valence-corrected chi connectivity index (χ3v) is 5.77. The van der Waals surface area contributed by atoms with Crippen LogP contribution < -0.4 is 14.2 Å². The number of likely N-dealkylation sites (N-methyl/N-ethyl adjacent to an activating group) is 1. The number of rotatable bonds is 5. The lowest BCUT2D eigenvalue weighted by molar-refractivity contribution is 0.227. The molecule has 1 N–H and O–H groups in total. The van der Waals surface area contributed by atoms with Crippen molar-refractivity contribution in [1.29, 1.82) is 0 Å². The number of nitrogens with zero attached hydrogens (tertiary/aromatic N) is 1. The molecular weight excluding hydrogens is 398 g/mol. The summed E-state index contributed by atoms with van der Waals surface area (Å²) in [7, 11) is 6.96. The number of aromatic hydroxyl groups is 1. The zero-order valence-corrected chi connectivity index (χ0v) is 17.1. The van der Waals surface area contributed by atoms with E-state index < -0.39 is 0 Å².